The normalized spacial score (nSPS) is 45.1. The van der Waals surface area contributed by atoms with Gasteiger partial charge in [-0.3, -0.25) is 4.79 Å². The highest BCUT2D eigenvalue weighted by atomic mass is 35.5. The second kappa shape index (κ2) is 8.88. The molecule has 4 nitrogen and oxygen atoms in total. The number of ether oxygens (including phenoxy) is 2. The molecule has 0 aromatic rings. The van der Waals surface area contributed by atoms with Crippen LogP contribution in [0.3, 0.4) is 0 Å². The Bertz CT molecular complexity index is 695. The molecule has 0 N–H and O–H groups in total. The predicted molar refractivity (Wildman–Crippen MR) is 122 cm³/mol. The first-order chi connectivity index (χ1) is 14.7. The van der Waals surface area contributed by atoms with Crippen LogP contribution >= 0.6 is 11.6 Å². The van der Waals surface area contributed by atoms with Gasteiger partial charge in [0.15, 0.2) is 0 Å². The van der Waals surface area contributed by atoms with Crippen molar-refractivity contribution in [3.8, 4) is 0 Å². The maximum absolute atomic E-state index is 11.7. The number of hydrogen-bond acceptors (Lipinski definition) is 4. The third-order valence-corrected chi connectivity index (χ3v) is 10.8. The van der Waals surface area contributed by atoms with Crippen molar-refractivity contribution >= 4 is 23.0 Å². The van der Waals surface area contributed by atoms with E-state index in [1.54, 1.807) is 0 Å². The van der Waals surface area contributed by atoms with Crippen LogP contribution in [0.15, 0.2) is 0 Å². The molecular formula is C26H41ClO4. The molecule has 9 atom stereocenters. The van der Waals surface area contributed by atoms with Crippen LogP contribution in [-0.4, -0.2) is 24.6 Å². The van der Waals surface area contributed by atoms with Crippen LogP contribution in [0.2, 0.25) is 0 Å². The molecule has 0 aromatic heterocycles. The lowest BCUT2D eigenvalue weighted by atomic mass is 9.44. The lowest BCUT2D eigenvalue weighted by Gasteiger charge is -2.61. The Labute approximate surface area is 193 Å². The molecular weight excluding hydrogens is 412 g/mol. The minimum atomic E-state index is -0.644. The summed E-state index contributed by atoms with van der Waals surface area (Å²) in [6.45, 7) is 7.48. The Hall–Kier alpha value is -0.770. The predicted octanol–water partition coefficient (Wildman–Crippen LogP) is 6.98. The summed E-state index contributed by atoms with van der Waals surface area (Å²) < 4.78 is 10.3. The van der Waals surface area contributed by atoms with Gasteiger partial charge in [-0.25, -0.2) is 4.79 Å². The summed E-state index contributed by atoms with van der Waals surface area (Å²) in [5, 5.41) is 0. The Morgan fingerprint density at radius 3 is 2.42 bits per heavy atom. The van der Waals surface area contributed by atoms with Crippen molar-refractivity contribution in [2.45, 2.75) is 97.5 Å². The van der Waals surface area contributed by atoms with Gasteiger partial charge in [-0.15, -0.1) is 0 Å². The number of esters is 1. The Morgan fingerprint density at radius 1 is 1.00 bits per heavy atom. The monoisotopic (exact) mass is 452 g/mol. The average molecular weight is 453 g/mol. The van der Waals surface area contributed by atoms with E-state index in [1.807, 2.05) is 0 Å². The molecule has 4 rings (SSSR count). The lowest BCUT2D eigenvalue weighted by molar-refractivity contribution is -0.141. The fraction of sp³-hybridized carbons (Fsp3) is 0.923. The maximum Gasteiger partial charge on any atom is 0.404 e. The van der Waals surface area contributed by atoms with E-state index >= 15 is 0 Å². The third-order valence-electron chi connectivity index (χ3n) is 10.7. The Kier molecular flexibility index (Phi) is 6.70. The molecule has 0 aromatic carbocycles. The van der Waals surface area contributed by atoms with Gasteiger partial charge in [0.1, 0.15) is 6.10 Å². The molecule has 4 saturated carbocycles. The highest BCUT2D eigenvalue weighted by Gasteiger charge is 2.60. The van der Waals surface area contributed by atoms with E-state index in [-0.39, 0.29) is 12.1 Å². The van der Waals surface area contributed by atoms with Gasteiger partial charge in [-0.1, -0.05) is 20.8 Å². The zero-order valence-electron chi connectivity index (χ0n) is 19.8. The number of methoxy groups -OCH3 is 1. The molecule has 0 unspecified atom stereocenters. The van der Waals surface area contributed by atoms with Crippen molar-refractivity contribution in [1.29, 1.82) is 0 Å². The molecule has 176 valence electrons. The first kappa shape index (κ1) is 23.4. The molecule has 0 spiro atoms. The molecule has 4 aliphatic carbocycles. The third kappa shape index (κ3) is 4.15. The zero-order chi connectivity index (χ0) is 22.4. The number of halogens is 1. The van der Waals surface area contributed by atoms with Crippen molar-refractivity contribution in [1.82, 2.24) is 0 Å². The van der Waals surface area contributed by atoms with E-state index < -0.39 is 5.43 Å². The number of carbonyl (C=O) groups is 2. The number of fused-ring (bicyclic) bond motifs is 5. The van der Waals surface area contributed by atoms with Crippen LogP contribution in [0.5, 0.6) is 0 Å². The summed E-state index contributed by atoms with van der Waals surface area (Å²) >= 11 is 5.51. The molecule has 0 amide bonds. The Morgan fingerprint density at radius 2 is 1.71 bits per heavy atom. The number of hydrogen-bond donors (Lipinski definition) is 0. The van der Waals surface area contributed by atoms with Crippen LogP contribution in [0, 0.1) is 46.3 Å². The lowest BCUT2D eigenvalue weighted by Crippen LogP contribution is -2.54. The first-order valence-electron chi connectivity index (χ1n) is 12.6. The molecule has 31 heavy (non-hydrogen) atoms. The van der Waals surface area contributed by atoms with Crippen molar-refractivity contribution in [3.63, 3.8) is 0 Å². The van der Waals surface area contributed by atoms with Crippen LogP contribution in [-0.2, 0) is 14.3 Å². The summed E-state index contributed by atoms with van der Waals surface area (Å²) in [5.41, 5.74) is 0.160. The van der Waals surface area contributed by atoms with E-state index in [2.05, 4.69) is 20.8 Å². The van der Waals surface area contributed by atoms with Gasteiger partial charge in [0.2, 0.25) is 0 Å². The van der Waals surface area contributed by atoms with Crippen LogP contribution in [0.1, 0.15) is 91.4 Å². The fourth-order valence-electron chi connectivity index (χ4n) is 9.08. The van der Waals surface area contributed by atoms with Crippen molar-refractivity contribution in [3.05, 3.63) is 0 Å². The van der Waals surface area contributed by atoms with Gasteiger partial charge in [0.25, 0.3) is 0 Å². The fourth-order valence-corrected chi connectivity index (χ4v) is 9.21. The van der Waals surface area contributed by atoms with Gasteiger partial charge >= 0.3 is 11.4 Å². The quantitative estimate of drug-likeness (QED) is 0.333. The van der Waals surface area contributed by atoms with Gasteiger partial charge in [-0.2, -0.15) is 0 Å². The topological polar surface area (TPSA) is 52.6 Å². The summed E-state index contributed by atoms with van der Waals surface area (Å²) in [6.07, 6.45) is 12.6. The second-order valence-electron chi connectivity index (χ2n) is 11.7. The van der Waals surface area contributed by atoms with Crippen LogP contribution in [0.4, 0.5) is 4.79 Å². The van der Waals surface area contributed by atoms with Gasteiger partial charge in [0, 0.05) is 18.0 Å². The van der Waals surface area contributed by atoms with E-state index in [9.17, 15) is 9.59 Å². The number of carbonyl (C=O) groups excluding carboxylic acids is 2. The Balaban J connectivity index is 1.45. The standard InChI is InChI=1S/C26H41ClO4/c1-16(5-10-23(28)30-4)20-8-9-21-19-7-6-17-15-18(31-24(27)29)11-13-25(17,2)22(19)12-14-26(20,21)3/h16-22H,5-15H2,1-4H3/t16-,17-,18-,19+,20-,21+,22+,25+,26-/m1/s1. The van der Waals surface area contributed by atoms with E-state index in [0.717, 1.165) is 49.4 Å². The summed E-state index contributed by atoms with van der Waals surface area (Å²) in [6, 6.07) is 0. The highest BCUT2D eigenvalue weighted by Crippen LogP contribution is 2.68. The molecule has 0 aliphatic heterocycles. The minimum Gasteiger partial charge on any atom is -0.469 e. The molecule has 0 radical (unpaired) electrons. The molecule has 4 fully saturated rings. The van der Waals surface area contributed by atoms with Crippen molar-refractivity contribution in [2.75, 3.05) is 7.11 Å². The van der Waals surface area contributed by atoms with Gasteiger partial charge in [-0.05, 0) is 111 Å². The minimum absolute atomic E-state index is 0.0139. The summed E-state index contributed by atoms with van der Waals surface area (Å²) in [5.74, 6) is 4.37. The van der Waals surface area contributed by atoms with Crippen LogP contribution in [0.25, 0.3) is 0 Å². The highest BCUT2D eigenvalue weighted by molar-refractivity contribution is 6.61. The zero-order valence-corrected chi connectivity index (χ0v) is 20.6. The average Bonchev–Trinajstić information content (AvgIpc) is 3.09. The smallest absolute Gasteiger partial charge is 0.404 e. The SMILES string of the molecule is COC(=O)CC[C@@H](C)[C@H]1CC[C@H]2[C@@H]3CC[C@@H]4C[C@H](OC(=O)Cl)CC[C@]4(C)[C@H]3CC[C@]12C. The first-order valence-corrected chi connectivity index (χ1v) is 13.0. The van der Waals surface area contributed by atoms with Crippen molar-refractivity contribution in [2.24, 2.45) is 46.3 Å². The molecule has 0 saturated heterocycles. The van der Waals surface area contributed by atoms with Gasteiger partial charge in [0.05, 0.1) is 7.11 Å². The van der Waals surface area contributed by atoms with E-state index in [4.69, 9.17) is 21.1 Å². The molecule has 0 bridgehead atoms. The molecule has 5 heteroatoms. The molecule has 4 aliphatic rings. The second-order valence-corrected chi connectivity index (χ2v) is 12.0. The van der Waals surface area contributed by atoms with Gasteiger partial charge < -0.3 is 9.47 Å². The largest absolute Gasteiger partial charge is 0.469 e. The van der Waals surface area contributed by atoms with E-state index in [1.165, 1.54) is 45.6 Å². The van der Waals surface area contributed by atoms with E-state index in [0.29, 0.717) is 29.1 Å². The van der Waals surface area contributed by atoms with Crippen molar-refractivity contribution < 1.29 is 19.1 Å². The maximum atomic E-state index is 11.7. The summed E-state index contributed by atoms with van der Waals surface area (Å²) in [7, 11) is 1.49. The molecule has 0 heterocycles. The number of rotatable bonds is 5. The summed E-state index contributed by atoms with van der Waals surface area (Å²) in [4.78, 5) is 22.9. The van der Waals surface area contributed by atoms with Crippen LogP contribution < -0.4 is 0 Å².